The molecule has 0 aromatic carbocycles. The maximum Gasteiger partial charge on any atom is 0.109 e. The van der Waals surface area contributed by atoms with Crippen molar-refractivity contribution < 1.29 is 0 Å². The van der Waals surface area contributed by atoms with E-state index in [1.54, 1.807) is 17.5 Å². The number of aromatic nitrogens is 3. The van der Waals surface area contributed by atoms with Crippen molar-refractivity contribution in [2.45, 2.75) is 6.92 Å². The summed E-state index contributed by atoms with van der Waals surface area (Å²) >= 11 is 3.58. The third kappa shape index (κ3) is 1.87. The van der Waals surface area contributed by atoms with Gasteiger partial charge in [-0.25, -0.2) is 4.68 Å². The molecule has 5 heteroatoms. The summed E-state index contributed by atoms with van der Waals surface area (Å²) in [7, 11) is 0. The summed E-state index contributed by atoms with van der Waals surface area (Å²) in [4.78, 5) is 8.25. The lowest BCUT2D eigenvalue weighted by atomic mass is 10.3. The molecule has 0 aliphatic carbocycles. The number of nitrogens with zero attached hydrogens (tertiary/aromatic N) is 3. The molecule has 0 saturated carbocycles. The molecule has 4 aromatic rings. The average Bonchev–Trinajstić information content (AvgIpc) is 3.15. The highest BCUT2D eigenvalue weighted by Gasteiger charge is 2.09. The Bertz CT molecular complexity index is 885. The summed E-state index contributed by atoms with van der Waals surface area (Å²) in [6.45, 7) is 2.13. The molecule has 0 fully saturated rings. The molecular weight excluding hydrogens is 286 g/mol. The molecule has 0 bridgehead atoms. The van der Waals surface area contributed by atoms with Gasteiger partial charge in [-0.1, -0.05) is 0 Å². The van der Waals surface area contributed by atoms with Gasteiger partial charge in [-0.05, 0) is 37.3 Å². The maximum atomic E-state index is 4.44. The van der Waals surface area contributed by atoms with Crippen LogP contribution in [-0.2, 0) is 0 Å². The van der Waals surface area contributed by atoms with Gasteiger partial charge in [0.2, 0.25) is 0 Å². The van der Waals surface area contributed by atoms with Gasteiger partial charge in [0.15, 0.2) is 0 Å². The number of aryl methyl sites for hydroxylation is 1. The summed E-state index contributed by atoms with van der Waals surface area (Å²) in [6.07, 6.45) is 3.60. The normalized spacial score (nSPS) is 11.2. The van der Waals surface area contributed by atoms with Crippen LogP contribution < -0.4 is 0 Å². The van der Waals surface area contributed by atoms with E-state index in [0.29, 0.717) is 0 Å². The van der Waals surface area contributed by atoms with Crippen LogP contribution in [-0.4, -0.2) is 14.8 Å². The highest BCUT2D eigenvalue weighted by atomic mass is 32.1. The van der Waals surface area contributed by atoms with Crippen molar-refractivity contribution in [3.05, 3.63) is 53.0 Å². The fourth-order valence-corrected chi connectivity index (χ4v) is 4.04. The number of hydrogen-bond acceptors (Lipinski definition) is 4. The van der Waals surface area contributed by atoms with Crippen LogP contribution in [0.25, 0.3) is 26.5 Å². The molecule has 0 N–H and O–H groups in total. The minimum Gasteiger partial charge on any atom is -0.253 e. The van der Waals surface area contributed by atoms with E-state index in [4.69, 9.17) is 0 Å². The largest absolute Gasteiger partial charge is 0.253 e. The van der Waals surface area contributed by atoms with Gasteiger partial charge in [0.05, 0.1) is 17.4 Å². The van der Waals surface area contributed by atoms with Gasteiger partial charge >= 0.3 is 0 Å². The van der Waals surface area contributed by atoms with E-state index in [2.05, 4.69) is 40.6 Å². The van der Waals surface area contributed by atoms with Crippen LogP contribution in [0.1, 0.15) is 4.88 Å². The fourth-order valence-electron chi connectivity index (χ4n) is 2.20. The molecule has 4 heterocycles. The topological polar surface area (TPSA) is 30.7 Å². The summed E-state index contributed by atoms with van der Waals surface area (Å²) in [5.74, 6) is 0. The highest BCUT2D eigenvalue weighted by Crippen LogP contribution is 2.34. The fraction of sp³-hybridized carbons (Fsp3) is 0.0667. The number of pyridine rings is 1. The van der Waals surface area contributed by atoms with Crippen molar-refractivity contribution >= 4 is 33.7 Å². The van der Waals surface area contributed by atoms with Crippen LogP contribution in [0.3, 0.4) is 0 Å². The van der Waals surface area contributed by atoms with Gasteiger partial charge in [0.25, 0.3) is 0 Å². The Morgan fingerprint density at radius 2 is 2.10 bits per heavy atom. The van der Waals surface area contributed by atoms with Crippen LogP contribution >= 0.6 is 22.7 Å². The number of thiophene rings is 2. The third-order valence-corrected chi connectivity index (χ3v) is 5.27. The van der Waals surface area contributed by atoms with Gasteiger partial charge in [-0.15, -0.1) is 22.7 Å². The van der Waals surface area contributed by atoms with Crippen molar-refractivity contribution in [3.63, 3.8) is 0 Å². The van der Waals surface area contributed by atoms with Gasteiger partial charge < -0.3 is 0 Å². The van der Waals surface area contributed by atoms with E-state index in [0.717, 1.165) is 16.7 Å². The molecule has 3 nitrogen and oxygen atoms in total. The summed E-state index contributed by atoms with van der Waals surface area (Å²) in [5.41, 5.74) is 3.06. The minimum absolute atomic E-state index is 0.923. The summed E-state index contributed by atoms with van der Waals surface area (Å²) in [6, 6.07) is 10.5. The molecule has 4 rings (SSSR count). The van der Waals surface area contributed by atoms with Gasteiger partial charge in [0, 0.05) is 26.2 Å². The molecule has 0 unspecified atom stereocenters. The van der Waals surface area contributed by atoms with Crippen LogP contribution in [0.15, 0.2) is 48.1 Å². The quantitative estimate of drug-likeness (QED) is 0.544. The SMILES string of the molecule is Cc1ccc(-c2cc(-n3ncc4ncccc43)cs2)s1. The Kier molecular flexibility index (Phi) is 2.68. The Morgan fingerprint density at radius 3 is 2.95 bits per heavy atom. The smallest absolute Gasteiger partial charge is 0.109 e. The molecule has 0 saturated heterocycles. The van der Waals surface area contributed by atoms with E-state index in [9.17, 15) is 0 Å². The van der Waals surface area contributed by atoms with Crippen molar-refractivity contribution in [3.8, 4) is 15.4 Å². The van der Waals surface area contributed by atoms with Crippen molar-refractivity contribution in [2.75, 3.05) is 0 Å². The first-order chi connectivity index (χ1) is 9.81. The molecule has 0 aliphatic heterocycles. The Morgan fingerprint density at radius 1 is 1.15 bits per heavy atom. The second-order valence-electron chi connectivity index (χ2n) is 4.54. The Labute approximate surface area is 124 Å². The lowest BCUT2D eigenvalue weighted by Gasteiger charge is -1.98. The van der Waals surface area contributed by atoms with Crippen molar-refractivity contribution in [1.29, 1.82) is 0 Å². The lowest BCUT2D eigenvalue weighted by molar-refractivity contribution is 0.915. The Balaban J connectivity index is 1.82. The molecule has 0 amide bonds. The van der Waals surface area contributed by atoms with Crippen LogP contribution in [0.5, 0.6) is 0 Å². The lowest BCUT2D eigenvalue weighted by Crippen LogP contribution is -1.93. The molecule has 0 spiro atoms. The zero-order chi connectivity index (χ0) is 13.5. The van der Waals surface area contributed by atoms with Gasteiger partial charge in [0.1, 0.15) is 5.52 Å². The molecule has 0 atom stereocenters. The zero-order valence-corrected chi connectivity index (χ0v) is 12.4. The monoisotopic (exact) mass is 297 g/mol. The summed E-state index contributed by atoms with van der Waals surface area (Å²) < 4.78 is 1.95. The van der Waals surface area contributed by atoms with E-state index >= 15 is 0 Å². The number of rotatable bonds is 2. The highest BCUT2D eigenvalue weighted by molar-refractivity contribution is 7.21. The van der Waals surface area contributed by atoms with E-state index < -0.39 is 0 Å². The predicted molar refractivity (Wildman–Crippen MR) is 84.8 cm³/mol. The summed E-state index contributed by atoms with van der Waals surface area (Å²) in [5, 5.41) is 6.58. The first-order valence-electron chi connectivity index (χ1n) is 6.26. The zero-order valence-electron chi connectivity index (χ0n) is 10.8. The van der Waals surface area contributed by atoms with Gasteiger partial charge in [-0.3, -0.25) is 4.98 Å². The first kappa shape index (κ1) is 11.8. The van der Waals surface area contributed by atoms with E-state index in [1.807, 2.05) is 34.3 Å². The first-order valence-corrected chi connectivity index (χ1v) is 7.95. The van der Waals surface area contributed by atoms with Gasteiger partial charge in [-0.2, -0.15) is 5.10 Å². The standard InChI is InChI=1S/C15H11N3S2/c1-10-4-5-14(20-10)15-7-11(9-19-15)18-13-3-2-6-16-12(13)8-17-18/h2-9H,1H3. The van der Waals surface area contributed by atoms with Crippen molar-refractivity contribution in [2.24, 2.45) is 0 Å². The maximum absolute atomic E-state index is 4.44. The van der Waals surface area contributed by atoms with Crippen LogP contribution in [0, 0.1) is 6.92 Å². The van der Waals surface area contributed by atoms with Crippen LogP contribution in [0.2, 0.25) is 0 Å². The molecule has 20 heavy (non-hydrogen) atoms. The molecule has 0 radical (unpaired) electrons. The molecule has 98 valence electrons. The number of hydrogen-bond donors (Lipinski definition) is 0. The second kappa shape index (κ2) is 4.54. The molecule has 0 aliphatic rings. The van der Waals surface area contributed by atoms with E-state index in [-0.39, 0.29) is 0 Å². The number of fused-ring (bicyclic) bond motifs is 1. The second-order valence-corrected chi connectivity index (χ2v) is 6.74. The molecule has 4 aromatic heterocycles. The molecular formula is C15H11N3S2. The van der Waals surface area contributed by atoms with Crippen LogP contribution in [0.4, 0.5) is 0 Å². The average molecular weight is 297 g/mol. The minimum atomic E-state index is 0.923. The van der Waals surface area contributed by atoms with Crippen molar-refractivity contribution in [1.82, 2.24) is 14.8 Å². The van der Waals surface area contributed by atoms with E-state index in [1.165, 1.54) is 14.6 Å². The Hall–Kier alpha value is -1.98. The predicted octanol–water partition coefficient (Wildman–Crippen LogP) is 4.52. The third-order valence-electron chi connectivity index (χ3n) is 3.15.